The zero-order valence-corrected chi connectivity index (χ0v) is 17.9. The number of fused-ring (bicyclic) bond motifs is 1. The first kappa shape index (κ1) is 20.0. The highest BCUT2D eigenvalue weighted by molar-refractivity contribution is 7.86. The van der Waals surface area contributed by atoms with Crippen LogP contribution in [0.2, 0.25) is 0 Å². The first-order valence-corrected chi connectivity index (χ1v) is 10.6. The Morgan fingerprint density at radius 1 is 1.04 bits per heavy atom. The van der Waals surface area contributed by atoms with E-state index in [9.17, 15) is 13.2 Å². The number of carbonyl (C=O) groups excluding carboxylic acids is 1. The third kappa shape index (κ3) is 3.28. The largest absolute Gasteiger partial charge is 0.361 e. The minimum Gasteiger partial charge on any atom is -0.361 e. The minimum atomic E-state index is -3.80. The van der Waals surface area contributed by atoms with Gasteiger partial charge in [0.25, 0.3) is 0 Å². The third-order valence-electron chi connectivity index (χ3n) is 5.11. The second-order valence-electron chi connectivity index (χ2n) is 7.14. The molecule has 0 aliphatic heterocycles. The van der Waals surface area contributed by atoms with Gasteiger partial charge in [0.2, 0.25) is 5.88 Å². The highest BCUT2D eigenvalue weighted by atomic mass is 32.2. The average Bonchev–Trinajstić information content (AvgIpc) is 2.94. The van der Waals surface area contributed by atoms with Crippen LogP contribution in [0.1, 0.15) is 43.9 Å². The topological polar surface area (TPSA) is 91.2 Å². The molecule has 0 atom stereocenters. The van der Waals surface area contributed by atoms with Crippen molar-refractivity contribution in [1.29, 1.82) is 0 Å². The Balaban J connectivity index is 2.25. The van der Waals surface area contributed by atoms with E-state index < -0.39 is 10.1 Å². The number of pyridine rings is 1. The summed E-state index contributed by atoms with van der Waals surface area (Å²) in [4.78, 5) is 18.0. The van der Waals surface area contributed by atoms with E-state index in [2.05, 4.69) is 12.0 Å². The molecule has 0 fully saturated rings. The number of nitrogens with zero attached hydrogens (tertiary/aromatic N) is 3. The molecule has 1 aromatic carbocycles. The van der Waals surface area contributed by atoms with E-state index in [0.29, 0.717) is 5.56 Å². The first-order valence-electron chi connectivity index (χ1n) is 8.76. The molecule has 0 N–H and O–H groups in total. The second-order valence-corrected chi connectivity index (χ2v) is 8.72. The maximum Gasteiger partial charge on any atom is 0.307 e. The van der Waals surface area contributed by atoms with Crippen LogP contribution in [-0.2, 0) is 17.2 Å². The van der Waals surface area contributed by atoms with E-state index in [1.165, 1.54) is 17.9 Å². The standard InChI is InChI=1S/C20H23N3O4S/c1-10-8-15(13(4)18-17(10)12(3)11(2)14(5)22-18)19(24)16-9-21-23(6)20(16)27-28(7,25)26/h8-9H,1-7H3. The summed E-state index contributed by atoms with van der Waals surface area (Å²) in [7, 11) is -2.28. The van der Waals surface area contributed by atoms with Crippen LogP contribution in [0.25, 0.3) is 10.9 Å². The fourth-order valence-electron chi connectivity index (χ4n) is 3.43. The lowest BCUT2D eigenvalue weighted by Gasteiger charge is -2.16. The van der Waals surface area contributed by atoms with E-state index in [4.69, 9.17) is 9.17 Å². The van der Waals surface area contributed by atoms with Gasteiger partial charge in [-0.25, -0.2) is 4.68 Å². The summed E-state index contributed by atoms with van der Waals surface area (Å²) in [5.41, 5.74) is 6.19. The zero-order valence-electron chi connectivity index (χ0n) is 17.0. The molecule has 2 aromatic heterocycles. The lowest BCUT2D eigenvalue weighted by atomic mass is 9.91. The molecule has 0 saturated carbocycles. The van der Waals surface area contributed by atoms with Gasteiger partial charge >= 0.3 is 10.1 Å². The summed E-state index contributed by atoms with van der Waals surface area (Å²) in [6, 6.07) is 1.82. The van der Waals surface area contributed by atoms with Crippen LogP contribution < -0.4 is 4.18 Å². The lowest BCUT2D eigenvalue weighted by Crippen LogP contribution is -2.13. The Kier molecular flexibility index (Phi) is 4.79. The van der Waals surface area contributed by atoms with E-state index in [1.807, 2.05) is 33.8 Å². The summed E-state index contributed by atoms with van der Waals surface area (Å²) in [5, 5.41) is 5.03. The van der Waals surface area contributed by atoms with Crippen molar-refractivity contribution in [3.8, 4) is 5.88 Å². The Hall–Kier alpha value is -2.74. The molecule has 0 saturated heterocycles. The number of hydrogen-bond acceptors (Lipinski definition) is 6. The van der Waals surface area contributed by atoms with Gasteiger partial charge < -0.3 is 4.18 Å². The second kappa shape index (κ2) is 6.70. The minimum absolute atomic E-state index is 0.0929. The summed E-state index contributed by atoms with van der Waals surface area (Å²) in [6.07, 6.45) is 2.25. The molecule has 2 heterocycles. The smallest absolute Gasteiger partial charge is 0.307 e. The zero-order chi connectivity index (χ0) is 21.0. The molecule has 0 bridgehead atoms. The quantitative estimate of drug-likeness (QED) is 0.493. The molecule has 8 heteroatoms. The predicted molar refractivity (Wildman–Crippen MR) is 108 cm³/mol. The van der Waals surface area contributed by atoms with Crippen LogP contribution in [0.5, 0.6) is 5.88 Å². The van der Waals surface area contributed by atoms with Gasteiger partial charge in [-0.2, -0.15) is 13.5 Å². The molecule has 3 rings (SSSR count). The molecule has 0 spiro atoms. The SMILES string of the molecule is Cc1nc2c(C)c(C(=O)c3cnn(C)c3OS(C)(=O)=O)cc(C)c2c(C)c1C. The molecule has 0 unspecified atom stereocenters. The van der Waals surface area contributed by atoms with Crippen LogP contribution in [0.15, 0.2) is 12.3 Å². The van der Waals surface area contributed by atoms with E-state index in [1.54, 1.807) is 0 Å². The number of carbonyl (C=O) groups is 1. The van der Waals surface area contributed by atoms with Gasteiger partial charge in [0.05, 0.1) is 18.0 Å². The number of benzene rings is 1. The van der Waals surface area contributed by atoms with Crippen molar-refractivity contribution in [2.45, 2.75) is 34.6 Å². The average molecular weight is 401 g/mol. The van der Waals surface area contributed by atoms with Crippen LogP contribution >= 0.6 is 0 Å². The van der Waals surface area contributed by atoms with Gasteiger partial charge in [-0.15, -0.1) is 0 Å². The van der Waals surface area contributed by atoms with Crippen molar-refractivity contribution in [2.24, 2.45) is 7.05 Å². The lowest BCUT2D eigenvalue weighted by molar-refractivity contribution is 0.103. The third-order valence-corrected chi connectivity index (χ3v) is 5.58. The fraction of sp³-hybridized carbons (Fsp3) is 0.350. The van der Waals surface area contributed by atoms with Gasteiger partial charge in [-0.1, -0.05) is 0 Å². The number of aromatic nitrogens is 3. The van der Waals surface area contributed by atoms with Crippen LogP contribution in [0.4, 0.5) is 0 Å². The number of hydrogen-bond donors (Lipinski definition) is 0. The van der Waals surface area contributed by atoms with Crippen LogP contribution in [0, 0.1) is 34.6 Å². The molecular weight excluding hydrogens is 378 g/mol. The molecule has 3 aromatic rings. The Bertz CT molecular complexity index is 1240. The summed E-state index contributed by atoms with van der Waals surface area (Å²) >= 11 is 0. The van der Waals surface area contributed by atoms with E-state index in [0.717, 1.165) is 45.1 Å². The monoisotopic (exact) mass is 401 g/mol. The maximum absolute atomic E-state index is 13.3. The summed E-state index contributed by atoms with van der Waals surface area (Å²) in [5.74, 6) is -0.458. The number of rotatable bonds is 4. The summed E-state index contributed by atoms with van der Waals surface area (Å²) in [6.45, 7) is 9.84. The van der Waals surface area contributed by atoms with Gasteiger partial charge in [-0.3, -0.25) is 9.78 Å². The molecule has 0 amide bonds. The molecule has 28 heavy (non-hydrogen) atoms. The van der Waals surface area contributed by atoms with Crippen molar-refractivity contribution in [3.05, 3.63) is 51.3 Å². The molecule has 148 valence electrons. The Labute approximate surface area is 164 Å². The number of ketones is 1. The molecular formula is C20H23N3O4S. The highest BCUT2D eigenvalue weighted by Gasteiger charge is 2.25. The maximum atomic E-state index is 13.3. The Morgan fingerprint density at radius 2 is 1.68 bits per heavy atom. The van der Waals surface area contributed by atoms with Crippen molar-refractivity contribution < 1.29 is 17.4 Å². The molecule has 0 radical (unpaired) electrons. The molecule has 0 aliphatic rings. The van der Waals surface area contributed by atoms with Gasteiger partial charge in [0.15, 0.2) is 5.78 Å². The highest BCUT2D eigenvalue weighted by Crippen LogP contribution is 2.32. The van der Waals surface area contributed by atoms with Crippen LogP contribution in [-0.4, -0.2) is 35.2 Å². The van der Waals surface area contributed by atoms with Gasteiger partial charge in [0, 0.05) is 23.7 Å². The number of aryl methyl sites for hydroxylation is 5. The van der Waals surface area contributed by atoms with Gasteiger partial charge in [0.1, 0.15) is 5.56 Å². The van der Waals surface area contributed by atoms with Crippen molar-refractivity contribution >= 4 is 26.8 Å². The van der Waals surface area contributed by atoms with Crippen molar-refractivity contribution in [2.75, 3.05) is 6.26 Å². The first-order chi connectivity index (χ1) is 12.9. The fourth-order valence-corrected chi connectivity index (χ4v) is 3.91. The summed E-state index contributed by atoms with van der Waals surface area (Å²) < 4.78 is 29.4. The van der Waals surface area contributed by atoms with Crippen LogP contribution in [0.3, 0.4) is 0 Å². The molecule has 7 nitrogen and oxygen atoms in total. The van der Waals surface area contributed by atoms with Crippen molar-refractivity contribution in [1.82, 2.24) is 14.8 Å². The van der Waals surface area contributed by atoms with E-state index in [-0.39, 0.29) is 17.2 Å². The Morgan fingerprint density at radius 3 is 2.29 bits per heavy atom. The predicted octanol–water partition coefficient (Wildman–Crippen LogP) is 3.08. The normalized spacial score (nSPS) is 11.8. The van der Waals surface area contributed by atoms with Gasteiger partial charge in [-0.05, 0) is 62.9 Å². The molecule has 0 aliphatic carbocycles. The van der Waals surface area contributed by atoms with Crippen molar-refractivity contribution in [3.63, 3.8) is 0 Å². The van der Waals surface area contributed by atoms with E-state index >= 15 is 0 Å².